The number of esters is 3. The van der Waals surface area contributed by atoms with Gasteiger partial charge in [0.1, 0.15) is 5.75 Å². The molecule has 0 bridgehead atoms. The maximum atomic E-state index is 12.1. The fourth-order valence-electron chi connectivity index (χ4n) is 2.80. The van der Waals surface area contributed by atoms with Gasteiger partial charge in [-0.15, -0.1) is 0 Å². The summed E-state index contributed by atoms with van der Waals surface area (Å²) in [5.74, 6) is -2.08. The van der Waals surface area contributed by atoms with Crippen molar-refractivity contribution >= 4 is 29.7 Å². The van der Waals surface area contributed by atoms with Gasteiger partial charge in [-0.25, -0.2) is 0 Å². The molecule has 2 N–H and O–H groups in total. The van der Waals surface area contributed by atoms with Crippen molar-refractivity contribution in [3.8, 4) is 17.2 Å². The van der Waals surface area contributed by atoms with Crippen molar-refractivity contribution in [1.82, 2.24) is 10.6 Å². The van der Waals surface area contributed by atoms with E-state index in [2.05, 4.69) is 10.6 Å². The van der Waals surface area contributed by atoms with Gasteiger partial charge in [-0.05, 0) is 41.8 Å². The van der Waals surface area contributed by atoms with Gasteiger partial charge in [0.15, 0.2) is 11.5 Å². The molecule has 0 aliphatic rings. The summed E-state index contributed by atoms with van der Waals surface area (Å²) in [5.41, 5.74) is 2.08. The number of nitrogens with one attached hydrogen (secondary N) is 2. The first-order valence-corrected chi connectivity index (χ1v) is 10.5. The highest BCUT2D eigenvalue weighted by molar-refractivity contribution is 5.96. The fraction of sp³-hybridized carbons (Fsp3) is 0.240. The molecule has 0 radical (unpaired) electrons. The van der Waals surface area contributed by atoms with Crippen LogP contribution >= 0.6 is 0 Å². The zero-order valence-electron chi connectivity index (χ0n) is 19.8. The van der Waals surface area contributed by atoms with E-state index in [1.54, 1.807) is 31.2 Å². The number of carbonyl (C=O) groups excluding carboxylic acids is 5. The van der Waals surface area contributed by atoms with Crippen molar-refractivity contribution in [2.24, 2.45) is 0 Å². The van der Waals surface area contributed by atoms with Gasteiger partial charge in [-0.3, -0.25) is 24.0 Å². The molecule has 35 heavy (non-hydrogen) atoms. The molecule has 10 heteroatoms. The Morgan fingerprint density at radius 1 is 0.657 bits per heavy atom. The van der Waals surface area contributed by atoms with Gasteiger partial charge in [0.05, 0.1) is 0 Å². The van der Waals surface area contributed by atoms with Gasteiger partial charge in [-0.1, -0.05) is 18.2 Å². The number of hydrogen-bond donors (Lipinski definition) is 2. The van der Waals surface area contributed by atoms with E-state index in [4.69, 9.17) is 14.2 Å². The summed E-state index contributed by atoms with van der Waals surface area (Å²) < 4.78 is 15.2. The molecule has 2 rings (SSSR count). The Morgan fingerprint density at radius 3 is 1.60 bits per heavy atom. The van der Waals surface area contributed by atoms with E-state index in [0.717, 1.165) is 23.3 Å². The highest BCUT2D eigenvalue weighted by atomic mass is 16.6. The van der Waals surface area contributed by atoms with Crippen LogP contribution in [-0.4, -0.2) is 29.7 Å². The van der Waals surface area contributed by atoms with Crippen molar-refractivity contribution in [3.63, 3.8) is 0 Å². The monoisotopic (exact) mass is 482 g/mol. The van der Waals surface area contributed by atoms with Crippen LogP contribution in [0.25, 0.3) is 0 Å². The van der Waals surface area contributed by atoms with Crippen LogP contribution in [0.3, 0.4) is 0 Å². The number of amides is 2. The predicted octanol–water partition coefficient (Wildman–Crippen LogP) is 2.26. The second-order valence-corrected chi connectivity index (χ2v) is 7.43. The van der Waals surface area contributed by atoms with Crippen LogP contribution < -0.4 is 24.8 Å². The lowest BCUT2D eigenvalue weighted by molar-refractivity contribution is -0.134. The Kier molecular flexibility index (Phi) is 9.71. The Hall–Kier alpha value is -4.47. The van der Waals surface area contributed by atoms with Gasteiger partial charge in [-0.2, -0.15) is 0 Å². The van der Waals surface area contributed by atoms with Crippen molar-refractivity contribution in [2.75, 3.05) is 0 Å². The van der Waals surface area contributed by atoms with Gasteiger partial charge in [0.2, 0.25) is 11.8 Å². The van der Waals surface area contributed by atoms with Crippen LogP contribution in [0.15, 0.2) is 48.6 Å². The molecule has 0 aliphatic heterocycles. The SMILES string of the molecule is CC(=O)Oc1cc(CNC(=O)/C=C\C(=O)NCc2ccc(OC(C)=O)c(OC(C)=O)c2)ccc1C. The summed E-state index contributed by atoms with van der Waals surface area (Å²) in [6, 6.07) is 9.72. The van der Waals surface area contributed by atoms with Crippen LogP contribution in [-0.2, 0) is 37.1 Å². The summed E-state index contributed by atoms with van der Waals surface area (Å²) in [4.78, 5) is 57.8. The minimum atomic E-state index is -0.596. The molecular weight excluding hydrogens is 456 g/mol. The molecule has 2 aromatic carbocycles. The second kappa shape index (κ2) is 12.7. The first-order valence-electron chi connectivity index (χ1n) is 10.5. The molecule has 0 saturated heterocycles. The number of hydrogen-bond acceptors (Lipinski definition) is 8. The minimum Gasteiger partial charge on any atom is -0.426 e. The summed E-state index contributed by atoms with van der Waals surface area (Å²) in [6.45, 7) is 5.78. The maximum Gasteiger partial charge on any atom is 0.308 e. The highest BCUT2D eigenvalue weighted by Crippen LogP contribution is 2.29. The van der Waals surface area contributed by atoms with E-state index in [1.165, 1.54) is 32.9 Å². The molecular formula is C25H26N2O8. The quantitative estimate of drug-likeness (QED) is 0.315. The smallest absolute Gasteiger partial charge is 0.308 e. The summed E-state index contributed by atoms with van der Waals surface area (Å²) >= 11 is 0. The van der Waals surface area contributed by atoms with Crippen LogP contribution in [0, 0.1) is 6.92 Å². The molecule has 0 aliphatic carbocycles. The number of aryl methyl sites for hydroxylation is 1. The van der Waals surface area contributed by atoms with Crippen LogP contribution in [0.2, 0.25) is 0 Å². The Labute approximate surface area is 202 Å². The topological polar surface area (TPSA) is 137 Å². The van der Waals surface area contributed by atoms with Crippen LogP contribution in [0.1, 0.15) is 37.5 Å². The predicted molar refractivity (Wildman–Crippen MR) is 124 cm³/mol. The average molecular weight is 482 g/mol. The lowest BCUT2D eigenvalue weighted by Gasteiger charge is -2.11. The normalized spacial score (nSPS) is 10.4. The number of benzene rings is 2. The molecule has 2 amide bonds. The Morgan fingerprint density at radius 2 is 1.09 bits per heavy atom. The molecule has 0 fully saturated rings. The molecule has 2 aromatic rings. The van der Waals surface area contributed by atoms with Crippen LogP contribution in [0.5, 0.6) is 17.2 Å². The van der Waals surface area contributed by atoms with E-state index in [9.17, 15) is 24.0 Å². The largest absolute Gasteiger partial charge is 0.426 e. The molecule has 0 heterocycles. The number of carbonyl (C=O) groups is 5. The van der Waals surface area contributed by atoms with Crippen molar-refractivity contribution in [2.45, 2.75) is 40.8 Å². The molecule has 0 saturated carbocycles. The van der Waals surface area contributed by atoms with Crippen molar-refractivity contribution in [1.29, 1.82) is 0 Å². The number of ether oxygens (including phenoxy) is 3. The van der Waals surface area contributed by atoms with Gasteiger partial charge >= 0.3 is 17.9 Å². The zero-order valence-corrected chi connectivity index (χ0v) is 19.8. The summed E-state index contributed by atoms with van der Waals surface area (Å²) in [5, 5.41) is 5.24. The minimum absolute atomic E-state index is 0.0438. The molecule has 184 valence electrons. The molecule has 10 nitrogen and oxygen atoms in total. The second-order valence-electron chi connectivity index (χ2n) is 7.43. The molecule has 0 unspecified atom stereocenters. The van der Waals surface area contributed by atoms with Crippen molar-refractivity contribution < 1.29 is 38.2 Å². The first kappa shape index (κ1) is 26.8. The van der Waals surface area contributed by atoms with Gasteiger partial charge < -0.3 is 24.8 Å². The Balaban J connectivity index is 1.89. The third-order valence-corrected chi connectivity index (χ3v) is 4.34. The lowest BCUT2D eigenvalue weighted by Crippen LogP contribution is -2.23. The fourth-order valence-corrected chi connectivity index (χ4v) is 2.80. The Bertz CT molecular complexity index is 1170. The van der Waals surface area contributed by atoms with E-state index < -0.39 is 29.7 Å². The number of rotatable bonds is 9. The highest BCUT2D eigenvalue weighted by Gasteiger charge is 2.12. The summed E-state index contributed by atoms with van der Waals surface area (Å²) in [6.07, 6.45) is 2.17. The standard InChI is InChI=1S/C25H26N2O8/c1-15-5-6-19(11-22(15)34-17(3)29)13-26-24(31)9-10-25(32)27-14-20-7-8-21(33-16(2)28)23(12-20)35-18(4)30/h5-12H,13-14H2,1-4H3,(H,26,31)(H,27,32)/b10-9-. The van der Waals surface area contributed by atoms with Crippen LogP contribution in [0.4, 0.5) is 0 Å². The third kappa shape index (κ3) is 9.50. The van der Waals surface area contributed by atoms with Crippen molar-refractivity contribution in [3.05, 3.63) is 65.2 Å². The zero-order chi connectivity index (χ0) is 26.0. The molecule has 0 atom stereocenters. The summed E-state index contributed by atoms with van der Waals surface area (Å²) in [7, 11) is 0. The van der Waals surface area contributed by atoms with E-state index in [0.29, 0.717) is 11.3 Å². The van der Waals surface area contributed by atoms with E-state index in [1.807, 2.05) is 0 Å². The average Bonchev–Trinajstić information content (AvgIpc) is 2.77. The molecule has 0 aromatic heterocycles. The molecule has 0 spiro atoms. The van der Waals surface area contributed by atoms with E-state index in [-0.39, 0.29) is 24.6 Å². The van der Waals surface area contributed by atoms with Gasteiger partial charge in [0, 0.05) is 46.0 Å². The third-order valence-electron chi connectivity index (χ3n) is 4.34. The maximum absolute atomic E-state index is 12.1. The lowest BCUT2D eigenvalue weighted by atomic mass is 10.1. The first-order chi connectivity index (χ1) is 16.5. The van der Waals surface area contributed by atoms with Gasteiger partial charge in [0.25, 0.3) is 0 Å². The van der Waals surface area contributed by atoms with E-state index >= 15 is 0 Å².